The highest BCUT2D eigenvalue weighted by molar-refractivity contribution is 7.09. The Morgan fingerprint density at radius 1 is 1.11 bits per heavy atom. The molecule has 1 aliphatic carbocycles. The van der Waals surface area contributed by atoms with E-state index < -0.39 is 11.4 Å². The fourth-order valence-electron chi connectivity index (χ4n) is 5.53. The van der Waals surface area contributed by atoms with Gasteiger partial charge in [-0.2, -0.15) is 0 Å². The Balaban J connectivity index is 1.21. The molecule has 1 aromatic heterocycles. The van der Waals surface area contributed by atoms with E-state index >= 15 is 0 Å². The molecule has 1 saturated heterocycles. The molecule has 2 N–H and O–H groups in total. The normalized spacial score (nSPS) is 18.0. The number of likely N-dealkylation sites (tertiary alicyclic amines) is 1. The van der Waals surface area contributed by atoms with Crippen molar-refractivity contribution >= 4 is 29.1 Å². The molecule has 1 fully saturated rings. The number of likely N-dealkylation sites (N-methyl/N-ethyl adjacent to an activating group) is 1. The first-order chi connectivity index (χ1) is 18.2. The standard InChI is InChI=1S/C29H32N4O4S/c1-32(2)23-11-12-33(17-23)27(36)20-9-7-19(8-10-20)24-18-38-25(31-24)16-30-28(37)29(15-26(34)35)13-21-5-3-4-6-22(21)14-29/h3-10,18,23H,11-17H2,1-2H3,(H,30,37)(H,34,35)/t23-/m0/s1. The van der Waals surface area contributed by atoms with Crippen molar-refractivity contribution in [2.24, 2.45) is 5.41 Å². The minimum Gasteiger partial charge on any atom is -0.481 e. The molecule has 1 atom stereocenters. The molecule has 0 saturated carbocycles. The van der Waals surface area contributed by atoms with E-state index in [1.165, 1.54) is 11.3 Å². The van der Waals surface area contributed by atoms with E-state index in [0.717, 1.165) is 46.9 Å². The van der Waals surface area contributed by atoms with Gasteiger partial charge >= 0.3 is 5.97 Å². The summed E-state index contributed by atoms with van der Waals surface area (Å²) < 4.78 is 0. The van der Waals surface area contributed by atoms with Crippen LogP contribution in [-0.2, 0) is 29.0 Å². The first-order valence-electron chi connectivity index (χ1n) is 12.8. The van der Waals surface area contributed by atoms with Gasteiger partial charge in [0.15, 0.2) is 0 Å². The van der Waals surface area contributed by atoms with Crippen molar-refractivity contribution < 1.29 is 19.5 Å². The summed E-state index contributed by atoms with van der Waals surface area (Å²) in [6, 6.07) is 15.6. The van der Waals surface area contributed by atoms with Crippen molar-refractivity contribution in [2.75, 3.05) is 27.2 Å². The highest BCUT2D eigenvalue weighted by Gasteiger charge is 2.45. The average molecular weight is 533 g/mol. The molecule has 198 valence electrons. The molecule has 0 bridgehead atoms. The average Bonchev–Trinajstić information content (AvgIpc) is 3.65. The number of amides is 2. The van der Waals surface area contributed by atoms with Crippen molar-refractivity contribution in [3.05, 3.63) is 75.6 Å². The van der Waals surface area contributed by atoms with Crippen molar-refractivity contribution in [1.82, 2.24) is 20.1 Å². The van der Waals surface area contributed by atoms with E-state index in [1.54, 1.807) is 0 Å². The molecule has 2 aliphatic rings. The van der Waals surface area contributed by atoms with Gasteiger partial charge in [0.2, 0.25) is 5.91 Å². The van der Waals surface area contributed by atoms with E-state index in [2.05, 4.69) is 15.2 Å². The Morgan fingerprint density at radius 3 is 2.39 bits per heavy atom. The zero-order chi connectivity index (χ0) is 26.9. The number of hydrogen-bond acceptors (Lipinski definition) is 6. The van der Waals surface area contributed by atoms with Gasteiger partial charge in [0.1, 0.15) is 5.01 Å². The smallest absolute Gasteiger partial charge is 0.304 e. The molecule has 38 heavy (non-hydrogen) atoms. The maximum Gasteiger partial charge on any atom is 0.304 e. The molecule has 2 amide bonds. The van der Waals surface area contributed by atoms with Crippen LogP contribution in [0.2, 0.25) is 0 Å². The molecule has 3 aromatic rings. The molecule has 0 spiro atoms. The van der Waals surface area contributed by atoms with Gasteiger partial charge in [-0.1, -0.05) is 36.4 Å². The quantitative estimate of drug-likeness (QED) is 0.461. The number of carbonyl (C=O) groups excluding carboxylic acids is 2. The van der Waals surface area contributed by atoms with Crippen LogP contribution in [0, 0.1) is 5.41 Å². The lowest BCUT2D eigenvalue weighted by atomic mass is 9.80. The summed E-state index contributed by atoms with van der Waals surface area (Å²) in [6.45, 7) is 1.75. The van der Waals surface area contributed by atoms with Crippen LogP contribution in [0.3, 0.4) is 0 Å². The van der Waals surface area contributed by atoms with E-state index in [1.807, 2.05) is 72.9 Å². The molecular formula is C29H32N4O4S. The Labute approximate surface area is 226 Å². The van der Waals surface area contributed by atoms with Gasteiger partial charge in [-0.15, -0.1) is 11.3 Å². The number of nitrogens with zero attached hydrogens (tertiary/aromatic N) is 3. The summed E-state index contributed by atoms with van der Waals surface area (Å²) in [7, 11) is 4.09. The highest BCUT2D eigenvalue weighted by Crippen LogP contribution is 2.40. The number of nitrogens with one attached hydrogen (secondary N) is 1. The van der Waals surface area contributed by atoms with Gasteiger partial charge in [-0.05, 0) is 56.6 Å². The summed E-state index contributed by atoms with van der Waals surface area (Å²) >= 11 is 1.44. The number of benzene rings is 2. The van der Waals surface area contributed by atoms with Gasteiger partial charge in [-0.3, -0.25) is 14.4 Å². The number of carboxylic acid groups (broad SMARTS) is 1. The van der Waals surface area contributed by atoms with Gasteiger partial charge in [-0.25, -0.2) is 4.98 Å². The highest BCUT2D eigenvalue weighted by atomic mass is 32.1. The van der Waals surface area contributed by atoms with Crippen LogP contribution in [0.25, 0.3) is 11.3 Å². The van der Waals surface area contributed by atoms with Crippen LogP contribution >= 0.6 is 11.3 Å². The van der Waals surface area contributed by atoms with Gasteiger partial charge < -0.3 is 20.2 Å². The summed E-state index contributed by atoms with van der Waals surface area (Å²) in [5.74, 6) is -1.19. The van der Waals surface area contributed by atoms with Crippen LogP contribution in [0.15, 0.2) is 53.9 Å². The van der Waals surface area contributed by atoms with Gasteiger partial charge in [0, 0.05) is 35.6 Å². The largest absolute Gasteiger partial charge is 0.481 e. The Morgan fingerprint density at radius 2 is 1.79 bits per heavy atom. The molecular weight excluding hydrogens is 500 g/mol. The third-order valence-corrected chi connectivity index (χ3v) is 8.56. The second kappa shape index (κ2) is 10.7. The second-order valence-corrected chi connectivity index (χ2v) is 11.5. The fraction of sp³-hybridized carbons (Fsp3) is 0.379. The Bertz CT molecular complexity index is 1330. The molecule has 2 heterocycles. The van der Waals surface area contributed by atoms with Crippen molar-refractivity contribution in [3.63, 3.8) is 0 Å². The number of thiazole rings is 1. The summed E-state index contributed by atoms with van der Waals surface area (Å²) in [6.07, 6.45) is 1.61. The SMILES string of the molecule is CN(C)[C@H]1CCN(C(=O)c2ccc(-c3csc(CNC(=O)C4(CC(=O)O)Cc5ccccc5C4)n3)cc2)C1. The van der Waals surface area contributed by atoms with Crippen molar-refractivity contribution in [2.45, 2.75) is 38.3 Å². The number of carboxylic acids is 1. The molecule has 1 aliphatic heterocycles. The number of carbonyl (C=O) groups is 3. The Kier molecular flexibility index (Phi) is 7.32. The molecule has 2 aromatic carbocycles. The monoisotopic (exact) mass is 532 g/mol. The third-order valence-electron chi connectivity index (χ3n) is 7.71. The first kappa shape index (κ1) is 26.1. The number of fused-ring (bicyclic) bond motifs is 1. The second-order valence-electron chi connectivity index (χ2n) is 10.5. The molecule has 9 heteroatoms. The number of rotatable bonds is 8. The predicted octanol–water partition coefficient (Wildman–Crippen LogP) is 3.46. The van der Waals surface area contributed by atoms with E-state index in [0.29, 0.717) is 24.4 Å². The lowest BCUT2D eigenvalue weighted by molar-refractivity contribution is -0.145. The minimum absolute atomic E-state index is 0.0481. The molecule has 8 nitrogen and oxygen atoms in total. The molecule has 5 rings (SSSR count). The van der Waals surface area contributed by atoms with Crippen LogP contribution < -0.4 is 5.32 Å². The molecule has 0 radical (unpaired) electrons. The topological polar surface area (TPSA) is 103 Å². The summed E-state index contributed by atoms with van der Waals surface area (Å²) in [4.78, 5) is 46.5. The minimum atomic E-state index is -0.986. The van der Waals surface area contributed by atoms with Gasteiger partial charge in [0.05, 0.1) is 24.1 Å². The summed E-state index contributed by atoms with van der Waals surface area (Å²) in [5.41, 5.74) is 3.42. The zero-order valence-electron chi connectivity index (χ0n) is 21.6. The predicted molar refractivity (Wildman–Crippen MR) is 146 cm³/mol. The van der Waals surface area contributed by atoms with Crippen molar-refractivity contribution in [3.8, 4) is 11.3 Å². The van der Waals surface area contributed by atoms with E-state index in [-0.39, 0.29) is 24.8 Å². The fourth-order valence-corrected chi connectivity index (χ4v) is 6.27. The number of hydrogen-bond donors (Lipinski definition) is 2. The van der Waals surface area contributed by atoms with Crippen LogP contribution in [0.1, 0.15) is 39.3 Å². The Hall–Kier alpha value is -3.56. The lowest BCUT2D eigenvalue weighted by Crippen LogP contribution is -2.43. The van der Waals surface area contributed by atoms with Crippen molar-refractivity contribution in [1.29, 1.82) is 0 Å². The van der Waals surface area contributed by atoms with Crippen LogP contribution in [0.5, 0.6) is 0 Å². The maximum atomic E-state index is 13.3. The molecule has 0 unspecified atom stereocenters. The van der Waals surface area contributed by atoms with Crippen LogP contribution in [-0.4, -0.2) is 70.9 Å². The summed E-state index contributed by atoms with van der Waals surface area (Å²) in [5, 5.41) is 15.1. The maximum absolute atomic E-state index is 13.3. The number of aromatic nitrogens is 1. The first-order valence-corrected chi connectivity index (χ1v) is 13.7. The lowest BCUT2D eigenvalue weighted by Gasteiger charge is -2.25. The van der Waals surface area contributed by atoms with E-state index in [4.69, 9.17) is 0 Å². The van der Waals surface area contributed by atoms with E-state index in [9.17, 15) is 19.5 Å². The third kappa shape index (κ3) is 5.35. The zero-order valence-corrected chi connectivity index (χ0v) is 22.5. The van der Waals surface area contributed by atoms with Gasteiger partial charge in [0.25, 0.3) is 5.91 Å². The number of aliphatic carboxylic acids is 1. The van der Waals surface area contributed by atoms with Crippen LogP contribution in [0.4, 0.5) is 0 Å².